The van der Waals surface area contributed by atoms with Gasteiger partial charge in [0.2, 0.25) is 0 Å². The summed E-state index contributed by atoms with van der Waals surface area (Å²) in [6.45, 7) is 0. The normalized spacial score (nSPS) is 18.3. The Balaban J connectivity index is 5.52. The molecule has 0 amide bonds. The summed E-state index contributed by atoms with van der Waals surface area (Å²) in [4.78, 5) is 0. The van der Waals surface area contributed by atoms with Crippen molar-refractivity contribution in [3.8, 4) is 0 Å². The van der Waals surface area contributed by atoms with Gasteiger partial charge in [-0.15, -0.1) is 13.2 Å². The summed E-state index contributed by atoms with van der Waals surface area (Å²) in [5.74, 6) is 0. The van der Waals surface area contributed by atoms with Crippen LogP contribution in [0.1, 0.15) is 0 Å². The number of hydrogen-bond acceptors (Lipinski definition) is 2. The zero-order valence-electron chi connectivity index (χ0n) is 9.11. The molecule has 0 aromatic rings. The topological polar surface area (TPSA) is 18.5 Å². The minimum Gasteiger partial charge on any atom is -0.244 e. The first-order valence-electron chi connectivity index (χ1n) is 4.21. The molecule has 134 valence electrons. The molecule has 0 aromatic heterocycles. The van der Waals surface area contributed by atoms with E-state index in [9.17, 15) is 52.7 Å². The minimum absolute atomic E-state index is 1.51. The van der Waals surface area contributed by atoms with Gasteiger partial charge in [-0.2, -0.15) is 35.1 Å². The number of alkyl halides is 14. The number of ether oxygens (including phenoxy) is 2. The van der Waals surface area contributed by atoms with E-state index in [4.69, 9.17) is 0 Å². The molecule has 2 nitrogen and oxygen atoms in total. The molecule has 0 saturated carbocycles. The van der Waals surface area contributed by atoms with Crippen LogP contribution in [0.3, 0.4) is 0 Å². The first kappa shape index (κ1) is 21.7. The van der Waals surface area contributed by atoms with Crippen LogP contribution in [0.5, 0.6) is 0 Å². The highest BCUT2D eigenvalue weighted by molar-refractivity contribution is 6.32. The van der Waals surface area contributed by atoms with Crippen molar-refractivity contribution in [3.05, 3.63) is 0 Å². The van der Waals surface area contributed by atoms with Crippen molar-refractivity contribution in [3.63, 3.8) is 0 Å². The third kappa shape index (κ3) is 4.58. The Morgan fingerprint density at radius 2 is 0.818 bits per heavy atom. The zero-order chi connectivity index (χ0) is 18.4. The van der Waals surface area contributed by atoms with Crippen LogP contribution < -0.4 is 0 Å². The lowest BCUT2D eigenvalue weighted by atomic mass is 10.3. The molecule has 0 fully saturated rings. The fourth-order valence-corrected chi connectivity index (χ4v) is 0.803. The Kier molecular flexibility index (Phi) is 5.54. The van der Waals surface area contributed by atoms with Crippen molar-refractivity contribution in [1.29, 1.82) is 0 Å². The molecule has 0 saturated heterocycles. The Morgan fingerprint density at radius 3 is 1.09 bits per heavy atom. The van der Waals surface area contributed by atoms with Gasteiger partial charge in [0.25, 0.3) is 0 Å². The summed E-state index contributed by atoms with van der Waals surface area (Å²) >= 11 is 7.54. The molecular formula is C6Cl2F12O2. The van der Waals surface area contributed by atoms with E-state index in [0.29, 0.717) is 0 Å². The second-order valence-electron chi connectivity index (χ2n) is 3.27. The maximum atomic E-state index is 12.8. The highest BCUT2D eigenvalue weighted by Gasteiger charge is 2.76. The van der Waals surface area contributed by atoms with Gasteiger partial charge in [-0.05, 0) is 11.6 Å². The summed E-state index contributed by atoms with van der Waals surface area (Å²) in [6.07, 6.45) is -26.9. The monoisotopic (exact) mass is 402 g/mol. The van der Waals surface area contributed by atoms with Crippen LogP contribution in [0, 0.1) is 0 Å². The largest absolute Gasteiger partial charge is 0.527 e. The van der Waals surface area contributed by atoms with Crippen LogP contribution in [0.2, 0.25) is 0 Å². The molecule has 0 spiro atoms. The summed E-state index contributed by atoms with van der Waals surface area (Å²) in [7, 11) is 0. The van der Waals surface area contributed by atoms with E-state index in [0.717, 1.165) is 0 Å². The van der Waals surface area contributed by atoms with E-state index in [1.54, 1.807) is 4.74 Å². The molecule has 0 rings (SSSR count). The van der Waals surface area contributed by atoms with Gasteiger partial charge in [-0.1, -0.05) is 11.6 Å². The van der Waals surface area contributed by atoms with Crippen LogP contribution in [-0.4, -0.2) is 35.2 Å². The smallest absolute Gasteiger partial charge is 0.244 e. The molecule has 0 aliphatic heterocycles. The van der Waals surface area contributed by atoms with Crippen LogP contribution in [0.25, 0.3) is 0 Å². The fourth-order valence-electron chi connectivity index (χ4n) is 0.654. The molecule has 0 heterocycles. The average molecular weight is 403 g/mol. The van der Waals surface area contributed by atoms with Crippen LogP contribution in [0.4, 0.5) is 52.7 Å². The Hall–Kier alpha value is -0.340. The maximum Gasteiger partial charge on any atom is 0.527 e. The van der Waals surface area contributed by atoms with Crippen LogP contribution in [0.15, 0.2) is 0 Å². The molecule has 0 aromatic carbocycles. The third-order valence-electron chi connectivity index (χ3n) is 1.56. The van der Waals surface area contributed by atoms with Crippen molar-refractivity contribution < 1.29 is 62.2 Å². The molecule has 22 heavy (non-hydrogen) atoms. The number of halogens is 14. The quantitative estimate of drug-likeness (QED) is 0.457. The van der Waals surface area contributed by atoms with Gasteiger partial charge in [0.05, 0.1) is 0 Å². The summed E-state index contributed by atoms with van der Waals surface area (Å²) in [5, 5.41) is -11.9. The van der Waals surface area contributed by atoms with Gasteiger partial charge in [0.1, 0.15) is 0 Å². The minimum atomic E-state index is -6.93. The summed E-state index contributed by atoms with van der Waals surface area (Å²) in [6, 6.07) is 0. The first-order valence-corrected chi connectivity index (χ1v) is 4.97. The lowest BCUT2D eigenvalue weighted by Gasteiger charge is -2.34. The van der Waals surface area contributed by atoms with E-state index < -0.39 is 35.2 Å². The second kappa shape index (κ2) is 5.63. The van der Waals surface area contributed by atoms with Crippen molar-refractivity contribution >= 4 is 23.2 Å². The van der Waals surface area contributed by atoms with Crippen LogP contribution >= 0.6 is 23.2 Å². The Bertz CT molecular complexity index is 399. The van der Waals surface area contributed by atoms with Gasteiger partial charge >= 0.3 is 35.2 Å². The molecule has 0 radical (unpaired) electrons. The van der Waals surface area contributed by atoms with Gasteiger partial charge in [0, 0.05) is 0 Å². The molecule has 1 atom stereocenters. The molecule has 16 heteroatoms. The summed E-state index contributed by atoms with van der Waals surface area (Å²) in [5.41, 5.74) is 0. The molecule has 0 bridgehead atoms. The lowest BCUT2D eigenvalue weighted by Crippen LogP contribution is -2.58. The Labute approximate surface area is 121 Å². The van der Waals surface area contributed by atoms with E-state index in [-0.39, 0.29) is 0 Å². The van der Waals surface area contributed by atoms with Crippen molar-refractivity contribution in [2.45, 2.75) is 35.2 Å². The molecule has 0 aliphatic carbocycles. The standard InChI is InChI=1S/C6Cl2F12O2/c7-1(9,2(8,10)11)3(12,13)21-4(14,15)5(16,17)22-6(18,19)20. The zero-order valence-corrected chi connectivity index (χ0v) is 10.6. The summed E-state index contributed by atoms with van der Waals surface area (Å²) < 4.78 is 150. The third-order valence-corrected chi connectivity index (χ3v) is 2.38. The first-order chi connectivity index (χ1) is 9.16. The van der Waals surface area contributed by atoms with Crippen molar-refractivity contribution in [2.24, 2.45) is 0 Å². The number of rotatable bonds is 6. The lowest BCUT2D eigenvalue weighted by molar-refractivity contribution is -0.535. The van der Waals surface area contributed by atoms with Crippen molar-refractivity contribution in [2.75, 3.05) is 0 Å². The van der Waals surface area contributed by atoms with E-state index in [2.05, 4.69) is 23.2 Å². The van der Waals surface area contributed by atoms with Crippen molar-refractivity contribution in [1.82, 2.24) is 0 Å². The molecular weight excluding hydrogens is 403 g/mol. The van der Waals surface area contributed by atoms with Gasteiger partial charge in [-0.25, -0.2) is 13.9 Å². The molecule has 0 aliphatic rings. The highest BCUT2D eigenvalue weighted by Crippen LogP contribution is 2.53. The highest BCUT2D eigenvalue weighted by atomic mass is 35.5. The van der Waals surface area contributed by atoms with Crippen LogP contribution in [-0.2, 0) is 9.47 Å². The molecule has 0 N–H and O–H groups in total. The second-order valence-corrected chi connectivity index (χ2v) is 4.27. The average Bonchev–Trinajstić information content (AvgIpc) is 2.08. The van der Waals surface area contributed by atoms with E-state index in [1.807, 2.05) is 0 Å². The fraction of sp³-hybridized carbons (Fsp3) is 1.00. The number of hydrogen-bond donors (Lipinski definition) is 0. The molecule has 1 unspecified atom stereocenters. The van der Waals surface area contributed by atoms with Gasteiger partial charge < -0.3 is 0 Å². The predicted octanol–water partition coefficient (Wildman–Crippen LogP) is 5.05. The predicted molar refractivity (Wildman–Crippen MR) is 43.6 cm³/mol. The Morgan fingerprint density at radius 1 is 0.500 bits per heavy atom. The maximum absolute atomic E-state index is 12.8. The van der Waals surface area contributed by atoms with Gasteiger partial charge in [-0.3, -0.25) is 0 Å². The SMILES string of the molecule is FC(F)(F)OC(F)(F)C(F)(F)OC(F)(F)C(F)(Cl)C(F)(F)Cl. The van der Waals surface area contributed by atoms with E-state index in [1.165, 1.54) is 4.74 Å². The van der Waals surface area contributed by atoms with Gasteiger partial charge in [0.15, 0.2) is 0 Å². The van der Waals surface area contributed by atoms with E-state index >= 15 is 0 Å².